The van der Waals surface area contributed by atoms with E-state index in [0.717, 1.165) is 53.9 Å². The van der Waals surface area contributed by atoms with Crippen LogP contribution in [0.1, 0.15) is 97.1 Å². The SMILES string of the molecule is C=CCO[C@@]12Oc3ccc(OCc4cccc(C)n4)cc3[C@H]3[C@H](CCCCO)[C@@H](CCCCO)C=C(C(=NOC)C[C@@H]1N(CCC)C(=O)c1ccc(C#N)cc1)[C@H]32. The van der Waals surface area contributed by atoms with E-state index >= 15 is 0 Å². The first-order valence-corrected chi connectivity index (χ1v) is 20.3. The molecule has 1 saturated carbocycles. The number of carbonyl (C=O) groups is 1. The molecule has 0 radical (unpaired) electrons. The number of rotatable bonds is 19. The van der Waals surface area contributed by atoms with Crippen molar-refractivity contribution in [3.05, 3.63) is 113 Å². The largest absolute Gasteiger partial charge is 0.487 e. The minimum atomic E-state index is -1.36. The van der Waals surface area contributed by atoms with Crippen molar-refractivity contribution in [3.8, 4) is 17.6 Å². The molecule has 1 aliphatic heterocycles. The molecular formula is C46H56N4O7. The highest BCUT2D eigenvalue weighted by atomic mass is 16.7. The summed E-state index contributed by atoms with van der Waals surface area (Å²) in [5, 5.41) is 33.9. The minimum absolute atomic E-state index is 0.0865. The Hall–Kier alpha value is -5.02. The van der Waals surface area contributed by atoms with E-state index in [-0.39, 0.29) is 43.5 Å². The summed E-state index contributed by atoms with van der Waals surface area (Å²) in [6, 6.07) is 20.1. The monoisotopic (exact) mass is 776 g/mol. The summed E-state index contributed by atoms with van der Waals surface area (Å²) in [6.07, 6.45) is 9.72. The van der Waals surface area contributed by atoms with Crippen molar-refractivity contribution in [2.75, 3.05) is 33.5 Å². The van der Waals surface area contributed by atoms with Gasteiger partial charge in [-0.05, 0) is 111 Å². The molecule has 2 aliphatic carbocycles. The van der Waals surface area contributed by atoms with Crippen LogP contribution in [0, 0.1) is 36.0 Å². The molecule has 1 aromatic heterocycles. The number of fused-ring (bicyclic) bond motifs is 2. The fourth-order valence-electron chi connectivity index (χ4n) is 9.18. The maximum atomic E-state index is 14.7. The second kappa shape index (κ2) is 19.4. The second-order valence-corrected chi connectivity index (χ2v) is 15.2. The molecule has 2 heterocycles. The number of aromatic nitrogens is 1. The average Bonchev–Trinajstić information content (AvgIpc) is 3.23. The first kappa shape index (κ1) is 41.6. The van der Waals surface area contributed by atoms with Crippen molar-refractivity contribution < 1.29 is 34.1 Å². The third-order valence-electron chi connectivity index (χ3n) is 11.5. The van der Waals surface area contributed by atoms with E-state index < -0.39 is 17.7 Å². The molecule has 0 saturated heterocycles. The lowest BCUT2D eigenvalue weighted by Crippen LogP contribution is -2.70. The van der Waals surface area contributed by atoms with Crippen molar-refractivity contribution >= 4 is 11.6 Å². The first-order chi connectivity index (χ1) is 27.8. The molecule has 1 amide bonds. The number of allylic oxidation sites excluding steroid dienone is 1. The van der Waals surface area contributed by atoms with Gasteiger partial charge in [-0.3, -0.25) is 9.78 Å². The van der Waals surface area contributed by atoms with Crippen LogP contribution in [0.15, 0.2) is 90.1 Å². The van der Waals surface area contributed by atoms with E-state index in [2.05, 4.69) is 34.9 Å². The van der Waals surface area contributed by atoms with E-state index in [9.17, 15) is 20.3 Å². The molecule has 302 valence electrons. The van der Waals surface area contributed by atoms with Crippen molar-refractivity contribution in [2.45, 2.75) is 89.6 Å². The van der Waals surface area contributed by atoms with E-state index in [4.69, 9.17) is 19.0 Å². The van der Waals surface area contributed by atoms with E-state index in [1.54, 1.807) is 37.5 Å². The van der Waals surface area contributed by atoms with E-state index in [1.807, 2.05) is 49.1 Å². The van der Waals surface area contributed by atoms with Gasteiger partial charge in [0.2, 0.25) is 5.79 Å². The van der Waals surface area contributed by atoms with Gasteiger partial charge in [-0.15, -0.1) is 6.58 Å². The van der Waals surface area contributed by atoms with Crippen LogP contribution in [0.25, 0.3) is 0 Å². The Bertz CT molecular complexity index is 1960. The molecule has 1 fully saturated rings. The van der Waals surface area contributed by atoms with E-state index in [1.165, 1.54) is 0 Å². The van der Waals surface area contributed by atoms with Gasteiger partial charge in [0.1, 0.15) is 31.3 Å². The fraction of sp³-hybridized carbons (Fsp3) is 0.478. The lowest BCUT2D eigenvalue weighted by atomic mass is 9.55. The van der Waals surface area contributed by atoms with Crippen LogP contribution in [0.3, 0.4) is 0 Å². The Kier molecular flexibility index (Phi) is 14.2. The minimum Gasteiger partial charge on any atom is -0.487 e. The second-order valence-electron chi connectivity index (χ2n) is 15.2. The maximum absolute atomic E-state index is 14.7. The third kappa shape index (κ3) is 8.94. The maximum Gasteiger partial charge on any atom is 0.254 e. The summed E-state index contributed by atoms with van der Waals surface area (Å²) in [4.78, 5) is 26.8. The summed E-state index contributed by atoms with van der Waals surface area (Å²) >= 11 is 0. The topological polar surface area (TPSA) is 147 Å². The number of nitriles is 1. The highest BCUT2D eigenvalue weighted by molar-refractivity contribution is 6.03. The highest BCUT2D eigenvalue weighted by Gasteiger charge is 2.65. The number of benzene rings is 2. The number of unbranched alkanes of at least 4 members (excludes halogenated alkanes) is 2. The molecule has 2 aromatic carbocycles. The highest BCUT2D eigenvalue weighted by Crippen LogP contribution is 2.62. The molecule has 3 aromatic rings. The van der Waals surface area contributed by atoms with E-state index in [0.29, 0.717) is 61.5 Å². The average molecular weight is 777 g/mol. The number of ether oxygens (including phenoxy) is 3. The Labute approximate surface area is 336 Å². The van der Waals surface area contributed by atoms with Crippen molar-refractivity contribution in [3.63, 3.8) is 0 Å². The quantitative estimate of drug-likeness (QED) is 0.0712. The Balaban J connectivity index is 1.55. The number of aliphatic hydroxyl groups excluding tert-OH is 2. The molecule has 6 atom stereocenters. The van der Waals surface area contributed by atoms with Gasteiger partial charge in [0.05, 0.1) is 35.6 Å². The van der Waals surface area contributed by atoms with Gasteiger partial charge in [-0.1, -0.05) is 43.1 Å². The number of oxime groups is 1. The van der Waals surface area contributed by atoms with Crippen LogP contribution in [-0.4, -0.2) is 77.0 Å². The van der Waals surface area contributed by atoms with Crippen molar-refractivity contribution in [2.24, 2.45) is 22.9 Å². The molecule has 3 aliphatic rings. The zero-order valence-electron chi connectivity index (χ0n) is 33.4. The molecule has 11 heteroatoms. The number of nitrogens with zero attached hydrogens (tertiary/aromatic N) is 4. The van der Waals surface area contributed by atoms with Crippen molar-refractivity contribution in [1.82, 2.24) is 9.88 Å². The number of aliphatic hydroxyl groups is 2. The van der Waals surface area contributed by atoms with Gasteiger partial charge in [0.15, 0.2) is 0 Å². The fourth-order valence-corrected chi connectivity index (χ4v) is 9.18. The summed E-state index contributed by atoms with van der Waals surface area (Å²) in [7, 11) is 1.54. The molecular weight excluding hydrogens is 721 g/mol. The molecule has 11 nitrogen and oxygen atoms in total. The van der Waals surface area contributed by atoms with Crippen molar-refractivity contribution in [1.29, 1.82) is 5.26 Å². The molecule has 6 rings (SSSR count). The molecule has 0 unspecified atom stereocenters. The van der Waals surface area contributed by atoms with Gasteiger partial charge < -0.3 is 34.2 Å². The zero-order valence-corrected chi connectivity index (χ0v) is 33.4. The Morgan fingerprint density at radius 2 is 1.88 bits per heavy atom. The zero-order chi connectivity index (χ0) is 40.4. The van der Waals surface area contributed by atoms with Gasteiger partial charge in [0.25, 0.3) is 5.91 Å². The first-order valence-electron chi connectivity index (χ1n) is 20.3. The van der Waals surface area contributed by atoms with Crippen LogP contribution < -0.4 is 9.47 Å². The smallest absolute Gasteiger partial charge is 0.254 e. The van der Waals surface area contributed by atoms with Crippen LogP contribution >= 0.6 is 0 Å². The van der Waals surface area contributed by atoms with Gasteiger partial charge in [-0.2, -0.15) is 5.26 Å². The predicted octanol–water partition coefficient (Wildman–Crippen LogP) is 7.66. The summed E-state index contributed by atoms with van der Waals surface area (Å²) in [5.74, 6) is -0.616. The number of hydrogen-bond acceptors (Lipinski definition) is 10. The van der Waals surface area contributed by atoms with Crippen LogP contribution in [0.4, 0.5) is 0 Å². The number of hydrogen-bond donors (Lipinski definition) is 2. The standard InChI is InChI=1S/C46H56N4O7/c1-5-22-50(45(53)33-18-16-32(29-47)17-19-33)42-28-40(49-54-4)38-26-34(13-7-9-23-51)37(15-8-10-24-52)43-39-27-36(55-30-35-14-11-12-31(3)48-35)20-21-41(39)57-46(42,44(38)43)56-25-6-2/h6,11-12,14,16-21,26-27,34,37,42-44,51-52H,2,5,7-10,13,15,22-25,28,30H2,1,3-4H3/t34-,37+,42-,43+,44+,46+/m0/s1. The number of carbonyl (C=O) groups excluding carboxylic acids is 1. The Morgan fingerprint density at radius 3 is 2.56 bits per heavy atom. The number of aryl methyl sites for hydroxylation is 1. The van der Waals surface area contributed by atoms with Crippen LogP contribution in [0.5, 0.6) is 11.5 Å². The molecule has 57 heavy (non-hydrogen) atoms. The molecule has 0 bridgehead atoms. The summed E-state index contributed by atoms with van der Waals surface area (Å²) < 4.78 is 20.8. The Morgan fingerprint density at radius 1 is 1.11 bits per heavy atom. The summed E-state index contributed by atoms with van der Waals surface area (Å²) in [5.41, 5.74) is 5.36. The predicted molar refractivity (Wildman–Crippen MR) is 218 cm³/mol. The number of amides is 1. The van der Waals surface area contributed by atoms with Gasteiger partial charge >= 0.3 is 0 Å². The van der Waals surface area contributed by atoms with Gasteiger partial charge in [-0.25, -0.2) is 0 Å². The molecule has 0 spiro atoms. The summed E-state index contributed by atoms with van der Waals surface area (Å²) in [6.45, 7) is 9.12. The lowest BCUT2D eigenvalue weighted by Gasteiger charge is -2.60. The van der Waals surface area contributed by atoms with Gasteiger partial charge in [0, 0.05) is 48.9 Å². The molecule has 2 N–H and O–H groups in total. The number of pyridine rings is 1. The lowest BCUT2D eigenvalue weighted by molar-refractivity contribution is -0.254. The van der Waals surface area contributed by atoms with Crippen LogP contribution in [-0.2, 0) is 16.2 Å². The van der Waals surface area contributed by atoms with Crippen LogP contribution in [0.2, 0.25) is 0 Å². The third-order valence-corrected chi connectivity index (χ3v) is 11.5. The normalized spacial score (nSPS) is 24.0.